The summed E-state index contributed by atoms with van der Waals surface area (Å²) in [7, 11) is 0. The summed E-state index contributed by atoms with van der Waals surface area (Å²) in [5.74, 6) is -0.489. The van der Waals surface area contributed by atoms with E-state index in [0.717, 1.165) is 0 Å². The Labute approximate surface area is 121 Å². The predicted molar refractivity (Wildman–Crippen MR) is 79.4 cm³/mol. The minimum Gasteiger partial charge on any atom is -0.464 e. The van der Waals surface area contributed by atoms with E-state index < -0.39 is 0 Å². The summed E-state index contributed by atoms with van der Waals surface area (Å²) in [6.45, 7) is 10.5. The maximum atomic E-state index is 11.4. The van der Waals surface area contributed by atoms with Crippen molar-refractivity contribution in [1.82, 2.24) is 10.7 Å². The number of esters is 1. The topological polar surface area (TPSA) is 79.8 Å². The second-order valence-corrected chi connectivity index (χ2v) is 5.31. The Morgan fingerprint density at radius 2 is 1.80 bits per heavy atom. The molecule has 0 aromatic heterocycles. The van der Waals surface area contributed by atoms with E-state index in [1.807, 2.05) is 13.8 Å². The van der Waals surface area contributed by atoms with Gasteiger partial charge in [0.25, 0.3) is 0 Å². The van der Waals surface area contributed by atoms with Gasteiger partial charge in [0.2, 0.25) is 5.91 Å². The molecule has 116 valence electrons. The quantitative estimate of drug-likeness (QED) is 0.291. The van der Waals surface area contributed by atoms with Crippen molar-refractivity contribution in [1.29, 1.82) is 0 Å². The lowest BCUT2D eigenvalue weighted by Crippen LogP contribution is -2.27. The summed E-state index contributed by atoms with van der Waals surface area (Å²) in [5, 5.41) is 7.09. The minimum atomic E-state index is -0.250. The highest BCUT2D eigenvalue weighted by molar-refractivity contribution is 5.87. The van der Waals surface area contributed by atoms with Crippen molar-refractivity contribution >= 4 is 17.6 Å². The molecule has 0 fully saturated rings. The van der Waals surface area contributed by atoms with E-state index in [-0.39, 0.29) is 24.2 Å². The number of carbonyl (C=O) groups excluding carboxylic acids is 2. The van der Waals surface area contributed by atoms with Crippen LogP contribution in [0.4, 0.5) is 0 Å². The van der Waals surface area contributed by atoms with Gasteiger partial charge in [-0.3, -0.25) is 9.59 Å². The van der Waals surface area contributed by atoms with Crippen LogP contribution in [-0.4, -0.2) is 36.8 Å². The molecule has 0 radical (unpaired) electrons. The summed E-state index contributed by atoms with van der Waals surface area (Å²) in [4.78, 5) is 22.7. The van der Waals surface area contributed by atoms with Gasteiger partial charge in [-0.05, 0) is 13.3 Å². The number of carbonyl (C=O) groups is 2. The molecule has 0 bridgehead atoms. The lowest BCUT2D eigenvalue weighted by atomic mass is 10.2. The van der Waals surface area contributed by atoms with Gasteiger partial charge < -0.3 is 10.1 Å². The van der Waals surface area contributed by atoms with Crippen LogP contribution in [0.1, 0.15) is 47.5 Å². The van der Waals surface area contributed by atoms with Crippen LogP contribution in [0.3, 0.4) is 0 Å². The van der Waals surface area contributed by atoms with Crippen LogP contribution in [0.15, 0.2) is 5.10 Å². The van der Waals surface area contributed by atoms with E-state index in [4.69, 9.17) is 4.74 Å². The highest BCUT2D eigenvalue weighted by Gasteiger charge is 2.07. The Hall–Kier alpha value is -1.43. The van der Waals surface area contributed by atoms with E-state index in [9.17, 15) is 9.59 Å². The fourth-order valence-electron chi connectivity index (χ4n) is 1.20. The van der Waals surface area contributed by atoms with Gasteiger partial charge in [-0.15, -0.1) is 0 Å². The first-order valence-electron chi connectivity index (χ1n) is 7.05. The number of hydrazone groups is 1. The number of nitrogens with one attached hydrogen (secondary N) is 2. The van der Waals surface area contributed by atoms with Crippen LogP contribution < -0.4 is 10.7 Å². The van der Waals surface area contributed by atoms with Gasteiger partial charge in [0.15, 0.2) is 0 Å². The molecule has 6 heteroatoms. The van der Waals surface area contributed by atoms with Gasteiger partial charge in [0, 0.05) is 24.2 Å². The number of amides is 1. The van der Waals surface area contributed by atoms with Crippen molar-refractivity contribution in [3.63, 3.8) is 0 Å². The maximum Gasteiger partial charge on any atom is 0.306 e. The van der Waals surface area contributed by atoms with Crippen LogP contribution in [0.2, 0.25) is 0 Å². The zero-order chi connectivity index (χ0) is 15.5. The fourth-order valence-corrected chi connectivity index (χ4v) is 1.20. The van der Waals surface area contributed by atoms with Gasteiger partial charge in [-0.2, -0.15) is 5.10 Å². The summed E-state index contributed by atoms with van der Waals surface area (Å²) in [6.07, 6.45) is 0.753. The van der Waals surface area contributed by atoms with Crippen LogP contribution in [0, 0.1) is 5.92 Å². The average molecular weight is 285 g/mol. The second-order valence-electron chi connectivity index (χ2n) is 5.31. The zero-order valence-electron chi connectivity index (χ0n) is 13.2. The Bertz CT molecular complexity index is 339. The van der Waals surface area contributed by atoms with Crippen molar-refractivity contribution in [2.45, 2.75) is 53.5 Å². The van der Waals surface area contributed by atoms with Crippen molar-refractivity contribution < 1.29 is 14.3 Å². The highest BCUT2D eigenvalue weighted by atomic mass is 16.5. The third-order valence-electron chi connectivity index (χ3n) is 2.49. The van der Waals surface area contributed by atoms with Gasteiger partial charge in [0.1, 0.15) is 6.61 Å². The van der Waals surface area contributed by atoms with Gasteiger partial charge in [0.05, 0.1) is 6.42 Å². The summed E-state index contributed by atoms with van der Waals surface area (Å²) in [6, 6.07) is 0.382. The molecule has 0 aromatic rings. The van der Waals surface area contributed by atoms with Crippen molar-refractivity contribution in [2.75, 3.05) is 13.2 Å². The Balaban J connectivity index is 3.77. The molecular weight excluding hydrogens is 258 g/mol. The minimum absolute atomic E-state index is 0.107. The van der Waals surface area contributed by atoms with E-state index in [1.165, 1.54) is 0 Å². The van der Waals surface area contributed by atoms with Gasteiger partial charge >= 0.3 is 5.97 Å². The van der Waals surface area contributed by atoms with Crippen LogP contribution in [0.25, 0.3) is 0 Å². The first-order chi connectivity index (χ1) is 9.32. The molecule has 0 heterocycles. The molecular formula is C14H27N3O3. The Kier molecular flexibility index (Phi) is 9.63. The zero-order valence-corrected chi connectivity index (χ0v) is 13.2. The molecule has 0 aliphatic carbocycles. The first-order valence-corrected chi connectivity index (χ1v) is 7.05. The molecule has 2 N–H and O–H groups in total. The second kappa shape index (κ2) is 10.4. The molecule has 0 saturated heterocycles. The summed E-state index contributed by atoms with van der Waals surface area (Å²) >= 11 is 0. The van der Waals surface area contributed by atoms with E-state index >= 15 is 0 Å². The Morgan fingerprint density at radius 3 is 2.35 bits per heavy atom. The summed E-state index contributed by atoms with van der Waals surface area (Å²) < 4.78 is 5.06. The number of hydrogen-bond acceptors (Lipinski definition) is 5. The van der Waals surface area contributed by atoms with Gasteiger partial charge in [-0.25, -0.2) is 5.43 Å². The molecule has 0 aliphatic heterocycles. The van der Waals surface area contributed by atoms with Gasteiger partial charge in [-0.1, -0.05) is 27.7 Å². The normalized spacial score (nSPS) is 11.8. The molecule has 0 saturated carbocycles. The van der Waals surface area contributed by atoms with E-state index in [1.54, 1.807) is 20.8 Å². The highest BCUT2D eigenvalue weighted by Crippen LogP contribution is 1.96. The van der Waals surface area contributed by atoms with E-state index in [2.05, 4.69) is 15.8 Å². The Morgan fingerprint density at radius 1 is 1.15 bits per heavy atom. The number of ether oxygens (including phenoxy) is 1. The lowest BCUT2D eigenvalue weighted by molar-refractivity contribution is -0.143. The molecule has 20 heavy (non-hydrogen) atoms. The largest absolute Gasteiger partial charge is 0.464 e. The van der Waals surface area contributed by atoms with Crippen molar-refractivity contribution in [3.05, 3.63) is 0 Å². The van der Waals surface area contributed by atoms with Crippen LogP contribution in [0.5, 0.6) is 0 Å². The molecule has 0 rings (SSSR count). The molecule has 0 aliphatic rings. The lowest BCUT2D eigenvalue weighted by Gasteiger charge is -2.08. The molecule has 0 unspecified atom stereocenters. The fraction of sp³-hybridized carbons (Fsp3) is 0.786. The molecule has 0 atom stereocenters. The smallest absolute Gasteiger partial charge is 0.306 e. The average Bonchev–Trinajstić information content (AvgIpc) is 2.38. The first kappa shape index (κ1) is 18.6. The summed E-state index contributed by atoms with van der Waals surface area (Å²) in [5.41, 5.74) is 3.16. The van der Waals surface area contributed by atoms with Crippen LogP contribution >= 0.6 is 0 Å². The van der Waals surface area contributed by atoms with Crippen molar-refractivity contribution in [3.8, 4) is 0 Å². The maximum absolute atomic E-state index is 11.4. The third kappa shape index (κ3) is 10.5. The molecule has 1 amide bonds. The molecule has 0 spiro atoms. The number of rotatable bonds is 9. The number of hydrogen-bond donors (Lipinski definition) is 2. The van der Waals surface area contributed by atoms with E-state index in [0.29, 0.717) is 31.3 Å². The monoisotopic (exact) mass is 285 g/mol. The third-order valence-corrected chi connectivity index (χ3v) is 2.49. The molecule has 0 aromatic carbocycles. The standard InChI is InChI=1S/C14H27N3O3/c1-10(2)14(19)17-16-12(5)6-7-13(18)20-9-8-15-11(3)4/h10-11,15H,6-9H2,1-5H3,(H,17,19)/b16-12+. The van der Waals surface area contributed by atoms with Crippen molar-refractivity contribution in [2.24, 2.45) is 11.0 Å². The predicted octanol–water partition coefficient (Wildman–Crippen LogP) is 1.46. The SMILES string of the molecule is C/C(CCC(=O)OCCNC(C)C)=N\NC(=O)C(C)C. The number of nitrogens with zero attached hydrogens (tertiary/aromatic N) is 1. The molecule has 6 nitrogen and oxygen atoms in total. The van der Waals surface area contributed by atoms with Crippen LogP contribution in [-0.2, 0) is 14.3 Å².